The van der Waals surface area contributed by atoms with E-state index >= 15 is 0 Å². The number of halogens is 4. The number of carboxylic acids is 1. The molecule has 0 amide bonds. The molecule has 6 nitrogen and oxygen atoms in total. The standard InChI is InChI=1S/C31H30ClF3N2O4/c1-18(2)15-27(19-7-9-20(10-8-19)28(38)5-4-6-29(39)40)37-26-14-13-23(30(41-3)24(26)17-36-37)22-12-11-21(16-25(22)32)31(33,34)35/h7-14,16-18,27H,4-6,15H2,1-3H3,(H,39,40). The topological polar surface area (TPSA) is 81.4 Å². The first-order chi connectivity index (χ1) is 19.4. The van der Waals surface area contributed by atoms with E-state index in [1.54, 1.807) is 24.4 Å². The van der Waals surface area contributed by atoms with Gasteiger partial charge in [-0.05, 0) is 48.6 Å². The predicted octanol–water partition coefficient (Wildman–Crippen LogP) is 8.46. The van der Waals surface area contributed by atoms with Gasteiger partial charge in [0.1, 0.15) is 5.75 Å². The zero-order valence-electron chi connectivity index (χ0n) is 22.8. The Labute approximate surface area is 240 Å². The van der Waals surface area contributed by atoms with Crippen molar-refractivity contribution in [1.29, 1.82) is 0 Å². The van der Waals surface area contributed by atoms with Gasteiger partial charge in [-0.1, -0.05) is 55.8 Å². The minimum Gasteiger partial charge on any atom is -0.495 e. The normalized spacial score (nSPS) is 12.6. The number of hydrogen-bond donors (Lipinski definition) is 1. The second-order valence-corrected chi connectivity index (χ2v) is 10.7. The van der Waals surface area contributed by atoms with Crippen molar-refractivity contribution < 1.29 is 32.6 Å². The van der Waals surface area contributed by atoms with Crippen LogP contribution < -0.4 is 4.74 Å². The fraction of sp³-hybridized carbons (Fsp3) is 0.323. The van der Waals surface area contributed by atoms with E-state index in [0.717, 1.165) is 29.6 Å². The molecule has 1 heterocycles. The SMILES string of the molecule is COc1c(-c2ccc(C(F)(F)F)cc2Cl)ccc2c1cnn2C(CC(C)C)c1ccc(C(=O)CCCC(=O)O)cc1. The lowest BCUT2D eigenvalue weighted by atomic mass is 9.95. The summed E-state index contributed by atoms with van der Waals surface area (Å²) in [6.07, 6.45) is -1.69. The molecule has 10 heteroatoms. The van der Waals surface area contributed by atoms with E-state index in [1.807, 2.05) is 22.9 Å². The first kappa shape index (κ1) is 30.1. The van der Waals surface area contributed by atoms with Crippen LogP contribution in [0.15, 0.2) is 60.8 Å². The molecule has 4 aromatic rings. The highest BCUT2D eigenvalue weighted by Crippen LogP contribution is 2.42. The van der Waals surface area contributed by atoms with Crippen molar-refractivity contribution in [3.05, 3.63) is 82.5 Å². The lowest BCUT2D eigenvalue weighted by Gasteiger charge is -2.22. The maximum Gasteiger partial charge on any atom is 0.416 e. The van der Waals surface area contributed by atoms with E-state index in [0.29, 0.717) is 33.7 Å². The number of nitrogens with zero attached hydrogens (tertiary/aromatic N) is 2. The van der Waals surface area contributed by atoms with Gasteiger partial charge >= 0.3 is 12.1 Å². The summed E-state index contributed by atoms with van der Waals surface area (Å²) >= 11 is 6.29. The van der Waals surface area contributed by atoms with Gasteiger partial charge in [-0.25, -0.2) is 0 Å². The van der Waals surface area contributed by atoms with E-state index in [9.17, 15) is 22.8 Å². The summed E-state index contributed by atoms with van der Waals surface area (Å²) in [6.45, 7) is 4.20. The lowest BCUT2D eigenvalue weighted by molar-refractivity contribution is -0.138. The summed E-state index contributed by atoms with van der Waals surface area (Å²) in [7, 11) is 1.49. The minimum absolute atomic E-state index is 0.0415. The quantitative estimate of drug-likeness (QED) is 0.178. The molecule has 0 aliphatic carbocycles. The van der Waals surface area contributed by atoms with Crippen molar-refractivity contribution in [3.8, 4) is 16.9 Å². The Morgan fingerprint density at radius 3 is 2.29 bits per heavy atom. The molecule has 0 saturated carbocycles. The van der Waals surface area contributed by atoms with Crippen LogP contribution in [0.2, 0.25) is 5.02 Å². The molecule has 4 rings (SSSR count). The third-order valence-corrected chi connectivity index (χ3v) is 7.24. The number of aliphatic carboxylic acids is 1. The summed E-state index contributed by atoms with van der Waals surface area (Å²) in [6, 6.07) is 14.0. The molecule has 1 N–H and O–H groups in total. The van der Waals surface area contributed by atoms with Crippen LogP contribution in [0.1, 0.15) is 67.1 Å². The maximum absolute atomic E-state index is 13.2. The first-order valence-electron chi connectivity index (χ1n) is 13.2. The number of fused-ring (bicyclic) bond motifs is 1. The highest BCUT2D eigenvalue weighted by Gasteiger charge is 2.31. The smallest absolute Gasteiger partial charge is 0.416 e. The number of hydrogen-bond acceptors (Lipinski definition) is 4. The minimum atomic E-state index is -4.51. The molecule has 3 aromatic carbocycles. The lowest BCUT2D eigenvalue weighted by Crippen LogP contribution is -2.15. The van der Waals surface area contributed by atoms with Crippen LogP contribution in [-0.4, -0.2) is 33.7 Å². The van der Waals surface area contributed by atoms with Crippen molar-refractivity contribution in [2.45, 2.75) is 51.7 Å². The number of carboxylic acid groups (broad SMARTS) is 1. The molecule has 0 fully saturated rings. The van der Waals surface area contributed by atoms with E-state index < -0.39 is 17.7 Å². The highest BCUT2D eigenvalue weighted by molar-refractivity contribution is 6.33. The first-order valence-corrected chi connectivity index (χ1v) is 13.5. The molecule has 41 heavy (non-hydrogen) atoms. The number of aromatic nitrogens is 2. The number of benzene rings is 3. The van der Waals surface area contributed by atoms with Gasteiger partial charge in [0.2, 0.25) is 0 Å². The molecule has 0 spiro atoms. The average molecular weight is 587 g/mol. The monoisotopic (exact) mass is 586 g/mol. The van der Waals surface area contributed by atoms with Crippen LogP contribution in [0.25, 0.3) is 22.0 Å². The van der Waals surface area contributed by atoms with Gasteiger partial charge in [0, 0.05) is 34.6 Å². The number of ketones is 1. The summed E-state index contributed by atoms with van der Waals surface area (Å²) in [4.78, 5) is 23.3. The van der Waals surface area contributed by atoms with Gasteiger partial charge in [0.15, 0.2) is 5.78 Å². The Morgan fingerprint density at radius 2 is 1.71 bits per heavy atom. The Bertz CT molecular complexity index is 1560. The number of carbonyl (C=O) groups excluding carboxylic acids is 1. The molecule has 0 saturated heterocycles. The van der Waals surface area contributed by atoms with Crippen LogP contribution in [0.5, 0.6) is 5.75 Å². The van der Waals surface area contributed by atoms with E-state index in [2.05, 4.69) is 18.9 Å². The predicted molar refractivity (Wildman–Crippen MR) is 152 cm³/mol. The summed E-state index contributed by atoms with van der Waals surface area (Å²) < 4.78 is 47.1. The summed E-state index contributed by atoms with van der Waals surface area (Å²) in [5.74, 6) is -0.283. The van der Waals surface area contributed by atoms with Crippen LogP contribution in [0, 0.1) is 5.92 Å². The molecule has 0 aliphatic heterocycles. The zero-order chi connectivity index (χ0) is 29.9. The Hall–Kier alpha value is -3.85. The maximum atomic E-state index is 13.2. The van der Waals surface area contributed by atoms with Crippen molar-refractivity contribution >= 4 is 34.3 Å². The average Bonchev–Trinajstić information content (AvgIpc) is 3.34. The third kappa shape index (κ3) is 6.73. The molecule has 0 radical (unpaired) electrons. The number of ether oxygens (including phenoxy) is 1. The second kappa shape index (κ2) is 12.3. The molecule has 0 bridgehead atoms. The number of methoxy groups -OCH3 is 1. The van der Waals surface area contributed by atoms with E-state index in [1.165, 1.54) is 13.2 Å². The summed E-state index contributed by atoms with van der Waals surface area (Å²) in [5.41, 5.74) is 2.36. The third-order valence-electron chi connectivity index (χ3n) is 6.92. The Morgan fingerprint density at radius 1 is 1.02 bits per heavy atom. The van der Waals surface area contributed by atoms with Gasteiger partial charge in [0.25, 0.3) is 0 Å². The van der Waals surface area contributed by atoms with Gasteiger partial charge in [-0.15, -0.1) is 0 Å². The molecule has 0 aliphatic rings. The number of alkyl halides is 3. The van der Waals surface area contributed by atoms with Crippen LogP contribution in [0.3, 0.4) is 0 Å². The van der Waals surface area contributed by atoms with Crippen molar-refractivity contribution in [1.82, 2.24) is 9.78 Å². The molecular weight excluding hydrogens is 557 g/mol. The largest absolute Gasteiger partial charge is 0.495 e. The van der Waals surface area contributed by atoms with Gasteiger partial charge in [-0.3, -0.25) is 14.3 Å². The number of Topliss-reactive ketones (excluding diaryl/α,β-unsaturated/α-hetero) is 1. The van der Waals surface area contributed by atoms with E-state index in [-0.39, 0.29) is 36.1 Å². The van der Waals surface area contributed by atoms with Crippen molar-refractivity contribution in [2.24, 2.45) is 5.92 Å². The molecule has 1 atom stereocenters. The zero-order valence-corrected chi connectivity index (χ0v) is 23.6. The van der Waals surface area contributed by atoms with Gasteiger partial charge in [0.05, 0.1) is 35.8 Å². The Balaban J connectivity index is 1.70. The second-order valence-electron chi connectivity index (χ2n) is 10.3. The number of carbonyl (C=O) groups is 2. The van der Waals surface area contributed by atoms with Gasteiger partial charge < -0.3 is 9.84 Å². The summed E-state index contributed by atoms with van der Waals surface area (Å²) in [5, 5.41) is 14.1. The number of rotatable bonds is 11. The Kier molecular flexibility index (Phi) is 9.07. The van der Waals surface area contributed by atoms with Crippen molar-refractivity contribution in [2.75, 3.05) is 7.11 Å². The fourth-order valence-electron chi connectivity index (χ4n) is 4.95. The van der Waals surface area contributed by atoms with E-state index in [4.69, 9.17) is 21.4 Å². The molecular formula is C31H30ClF3N2O4. The molecule has 216 valence electrons. The molecule has 1 unspecified atom stereocenters. The molecule has 1 aromatic heterocycles. The van der Waals surface area contributed by atoms with Gasteiger partial charge in [-0.2, -0.15) is 18.3 Å². The van der Waals surface area contributed by atoms with Crippen LogP contribution in [-0.2, 0) is 11.0 Å². The van der Waals surface area contributed by atoms with Crippen LogP contribution >= 0.6 is 11.6 Å². The fourth-order valence-corrected chi connectivity index (χ4v) is 5.23. The highest BCUT2D eigenvalue weighted by atomic mass is 35.5. The van der Waals surface area contributed by atoms with Crippen molar-refractivity contribution in [3.63, 3.8) is 0 Å². The van der Waals surface area contributed by atoms with Crippen LogP contribution in [0.4, 0.5) is 13.2 Å².